The lowest BCUT2D eigenvalue weighted by molar-refractivity contribution is -0.385. The molecule has 0 aromatic heterocycles. The molecule has 0 aliphatic rings. The molecule has 0 fully saturated rings. The van der Waals surface area contributed by atoms with E-state index in [0.29, 0.717) is 16.9 Å². The monoisotopic (exact) mass is 316 g/mol. The second-order valence-corrected chi connectivity index (χ2v) is 5.21. The Labute approximate surface area is 114 Å². The molecular weight excluding hydrogens is 300 g/mol. The van der Waals surface area contributed by atoms with Gasteiger partial charge in [-0.2, -0.15) is 0 Å². The smallest absolute Gasteiger partial charge is 0.283 e. The van der Waals surface area contributed by atoms with Gasteiger partial charge in [0.2, 0.25) is 0 Å². The minimum atomic E-state index is -0.417. The van der Waals surface area contributed by atoms with Crippen LogP contribution in [0.15, 0.2) is 22.7 Å². The number of nitro groups is 1. The number of hydrogen-bond donors (Lipinski definition) is 2. The van der Waals surface area contributed by atoms with Crippen LogP contribution >= 0.6 is 15.9 Å². The van der Waals surface area contributed by atoms with Crippen LogP contribution in [0.4, 0.5) is 5.69 Å². The molecule has 0 aliphatic carbocycles. The fourth-order valence-electron chi connectivity index (χ4n) is 1.60. The molecular formula is C12H17BrN2O3. The summed E-state index contributed by atoms with van der Waals surface area (Å²) in [7, 11) is 0. The van der Waals surface area contributed by atoms with Crippen molar-refractivity contribution in [3.8, 4) is 0 Å². The third-order valence-corrected chi connectivity index (χ3v) is 3.73. The van der Waals surface area contributed by atoms with Crippen molar-refractivity contribution in [1.29, 1.82) is 0 Å². The molecule has 0 spiro atoms. The van der Waals surface area contributed by atoms with Crippen LogP contribution in [0.25, 0.3) is 0 Å². The van der Waals surface area contributed by atoms with Gasteiger partial charge in [0.25, 0.3) is 5.69 Å². The summed E-state index contributed by atoms with van der Waals surface area (Å²) in [6, 6.07) is 4.91. The van der Waals surface area contributed by atoms with E-state index in [1.807, 2.05) is 19.9 Å². The molecule has 6 heteroatoms. The van der Waals surface area contributed by atoms with Crippen LogP contribution < -0.4 is 5.32 Å². The zero-order valence-electron chi connectivity index (χ0n) is 10.4. The van der Waals surface area contributed by atoms with E-state index < -0.39 is 4.92 Å². The molecule has 0 saturated carbocycles. The summed E-state index contributed by atoms with van der Waals surface area (Å²) in [5, 5.41) is 23.2. The Bertz CT molecular complexity index is 424. The molecule has 1 atom stereocenters. The van der Waals surface area contributed by atoms with Crippen molar-refractivity contribution >= 4 is 21.6 Å². The number of nitrogens with one attached hydrogen (secondary N) is 1. The topological polar surface area (TPSA) is 75.4 Å². The summed E-state index contributed by atoms with van der Waals surface area (Å²) < 4.78 is 0.489. The Hall–Kier alpha value is -0.980. The second kappa shape index (κ2) is 6.82. The standard InChI is InChI=1S/C12H17BrN2O3/c1-8(2)10(7-16)14-6-9-4-3-5-11(12(9)13)15(17)18/h3-5,8,10,14,16H,6-7H2,1-2H3. The van der Waals surface area contributed by atoms with Crippen LogP contribution in [0, 0.1) is 16.0 Å². The predicted octanol–water partition coefficient (Wildman–Crippen LogP) is 2.46. The van der Waals surface area contributed by atoms with E-state index in [0.717, 1.165) is 5.56 Å². The van der Waals surface area contributed by atoms with Gasteiger partial charge < -0.3 is 10.4 Å². The largest absolute Gasteiger partial charge is 0.395 e. The van der Waals surface area contributed by atoms with Crippen LogP contribution in [-0.2, 0) is 6.54 Å². The lowest BCUT2D eigenvalue weighted by Crippen LogP contribution is -2.36. The number of rotatable bonds is 6. The van der Waals surface area contributed by atoms with Gasteiger partial charge in [-0.05, 0) is 27.4 Å². The number of benzene rings is 1. The molecule has 100 valence electrons. The van der Waals surface area contributed by atoms with Crippen molar-refractivity contribution < 1.29 is 10.0 Å². The van der Waals surface area contributed by atoms with Crippen LogP contribution in [0.2, 0.25) is 0 Å². The highest BCUT2D eigenvalue weighted by molar-refractivity contribution is 9.10. The molecule has 1 rings (SSSR count). The number of halogens is 1. The maximum atomic E-state index is 10.8. The second-order valence-electron chi connectivity index (χ2n) is 4.42. The van der Waals surface area contributed by atoms with Gasteiger partial charge in [-0.3, -0.25) is 10.1 Å². The first kappa shape index (κ1) is 15.1. The van der Waals surface area contributed by atoms with E-state index in [1.54, 1.807) is 6.07 Å². The zero-order valence-corrected chi connectivity index (χ0v) is 12.0. The summed E-state index contributed by atoms with van der Waals surface area (Å²) in [5.74, 6) is 0.299. The van der Waals surface area contributed by atoms with Gasteiger partial charge in [-0.15, -0.1) is 0 Å². The number of nitro benzene ring substituents is 1. The fraction of sp³-hybridized carbons (Fsp3) is 0.500. The van der Waals surface area contributed by atoms with E-state index in [2.05, 4.69) is 21.2 Å². The van der Waals surface area contributed by atoms with Gasteiger partial charge in [-0.1, -0.05) is 26.0 Å². The van der Waals surface area contributed by atoms with Crippen molar-refractivity contribution in [2.45, 2.75) is 26.4 Å². The highest BCUT2D eigenvalue weighted by Gasteiger charge is 2.16. The zero-order chi connectivity index (χ0) is 13.7. The van der Waals surface area contributed by atoms with Crippen molar-refractivity contribution in [2.75, 3.05) is 6.61 Å². The molecule has 2 N–H and O–H groups in total. The highest BCUT2D eigenvalue weighted by atomic mass is 79.9. The first-order chi connectivity index (χ1) is 8.47. The third kappa shape index (κ3) is 3.76. The molecule has 0 amide bonds. The fourth-order valence-corrected chi connectivity index (χ4v) is 2.15. The Morgan fingerprint density at radius 2 is 2.17 bits per heavy atom. The van der Waals surface area contributed by atoms with Crippen LogP contribution in [0.5, 0.6) is 0 Å². The summed E-state index contributed by atoms with van der Waals surface area (Å²) >= 11 is 3.25. The third-order valence-electron chi connectivity index (χ3n) is 2.81. The van der Waals surface area contributed by atoms with Crippen LogP contribution in [0.3, 0.4) is 0 Å². The number of aliphatic hydroxyl groups is 1. The minimum Gasteiger partial charge on any atom is -0.395 e. The summed E-state index contributed by atoms with van der Waals surface area (Å²) in [5.41, 5.74) is 0.864. The van der Waals surface area contributed by atoms with E-state index in [-0.39, 0.29) is 18.3 Å². The van der Waals surface area contributed by atoms with Gasteiger partial charge in [-0.25, -0.2) is 0 Å². The molecule has 0 radical (unpaired) electrons. The van der Waals surface area contributed by atoms with E-state index in [4.69, 9.17) is 0 Å². The minimum absolute atomic E-state index is 0.0174. The predicted molar refractivity (Wildman–Crippen MR) is 73.3 cm³/mol. The molecule has 0 bridgehead atoms. The average Bonchev–Trinajstić information content (AvgIpc) is 2.31. The molecule has 0 heterocycles. The van der Waals surface area contributed by atoms with Gasteiger partial charge in [0.05, 0.1) is 16.0 Å². The van der Waals surface area contributed by atoms with Crippen LogP contribution in [0.1, 0.15) is 19.4 Å². The maximum Gasteiger partial charge on any atom is 0.283 e. The maximum absolute atomic E-state index is 10.8. The molecule has 18 heavy (non-hydrogen) atoms. The molecule has 1 unspecified atom stereocenters. The van der Waals surface area contributed by atoms with Gasteiger partial charge in [0.1, 0.15) is 0 Å². The van der Waals surface area contributed by atoms with Crippen molar-refractivity contribution in [1.82, 2.24) is 5.32 Å². The van der Waals surface area contributed by atoms with E-state index in [9.17, 15) is 15.2 Å². The summed E-state index contributed by atoms with van der Waals surface area (Å²) in [4.78, 5) is 10.4. The Morgan fingerprint density at radius 3 is 2.67 bits per heavy atom. The highest BCUT2D eigenvalue weighted by Crippen LogP contribution is 2.28. The van der Waals surface area contributed by atoms with Crippen molar-refractivity contribution in [3.05, 3.63) is 38.3 Å². The molecule has 0 aliphatic heterocycles. The van der Waals surface area contributed by atoms with E-state index >= 15 is 0 Å². The van der Waals surface area contributed by atoms with E-state index in [1.165, 1.54) is 6.07 Å². The van der Waals surface area contributed by atoms with Crippen molar-refractivity contribution in [2.24, 2.45) is 5.92 Å². The Kier molecular flexibility index (Phi) is 5.71. The van der Waals surface area contributed by atoms with Crippen molar-refractivity contribution in [3.63, 3.8) is 0 Å². The summed E-state index contributed by atoms with van der Waals surface area (Å²) in [6.45, 7) is 4.54. The number of nitrogens with zero attached hydrogens (tertiary/aromatic N) is 1. The molecule has 5 nitrogen and oxygen atoms in total. The first-order valence-corrected chi connectivity index (χ1v) is 6.52. The molecule has 1 aromatic carbocycles. The van der Waals surface area contributed by atoms with Crippen LogP contribution in [-0.4, -0.2) is 22.7 Å². The summed E-state index contributed by atoms with van der Waals surface area (Å²) in [6.07, 6.45) is 0. The molecule has 1 aromatic rings. The Balaban J connectivity index is 2.79. The SMILES string of the molecule is CC(C)C(CO)NCc1cccc([N+](=O)[O-])c1Br. The first-order valence-electron chi connectivity index (χ1n) is 5.73. The Morgan fingerprint density at radius 1 is 1.50 bits per heavy atom. The van der Waals surface area contributed by atoms with Gasteiger partial charge >= 0.3 is 0 Å². The van der Waals surface area contributed by atoms with Gasteiger partial charge in [0.15, 0.2) is 0 Å². The lowest BCUT2D eigenvalue weighted by atomic mass is 10.0. The van der Waals surface area contributed by atoms with Gasteiger partial charge in [0, 0.05) is 18.7 Å². The number of aliphatic hydroxyl groups excluding tert-OH is 1. The average molecular weight is 317 g/mol. The lowest BCUT2D eigenvalue weighted by Gasteiger charge is -2.20. The molecule has 0 saturated heterocycles. The normalized spacial score (nSPS) is 12.7. The number of hydrogen-bond acceptors (Lipinski definition) is 4. The quantitative estimate of drug-likeness (QED) is 0.624.